The molecule has 1 aliphatic rings. The summed E-state index contributed by atoms with van der Waals surface area (Å²) in [5, 5.41) is 5.38. The third-order valence-electron chi connectivity index (χ3n) is 4.68. The fourth-order valence-electron chi connectivity index (χ4n) is 3.05. The number of nitrogens with one attached hydrogen (secondary N) is 3. The summed E-state index contributed by atoms with van der Waals surface area (Å²) in [7, 11) is -2.39. The number of hydrogen-bond donors (Lipinski definition) is 3. The zero-order valence-corrected chi connectivity index (χ0v) is 18.2. The number of sulfonamides is 1. The lowest BCUT2D eigenvalue weighted by atomic mass is 10.0. The van der Waals surface area contributed by atoms with Crippen molar-refractivity contribution in [3.05, 3.63) is 59.7 Å². The minimum Gasteiger partial charge on any atom is -0.453 e. The van der Waals surface area contributed by atoms with Gasteiger partial charge in [0.2, 0.25) is 5.91 Å². The van der Waals surface area contributed by atoms with Gasteiger partial charge in [-0.3, -0.25) is 19.8 Å². The number of carbonyl (C=O) groups excluding carboxylic acids is 2. The van der Waals surface area contributed by atoms with Gasteiger partial charge >= 0.3 is 6.09 Å². The third kappa shape index (κ3) is 5.21. The van der Waals surface area contributed by atoms with Crippen LogP contribution in [0.2, 0.25) is 0 Å². The molecule has 0 bridgehead atoms. The molecule has 1 heterocycles. The summed E-state index contributed by atoms with van der Waals surface area (Å²) in [6.45, 7) is 3.95. The molecule has 164 valence electrons. The summed E-state index contributed by atoms with van der Waals surface area (Å²) < 4.78 is 31.5. The molecule has 2 amide bonds. The molecule has 0 unspecified atom stereocenters. The molecular weight excluding hydrogens is 420 g/mol. The van der Waals surface area contributed by atoms with Gasteiger partial charge in [0, 0.05) is 17.8 Å². The number of methoxy groups -OCH3 is 1. The molecule has 31 heavy (non-hydrogen) atoms. The molecule has 0 fully saturated rings. The molecule has 0 saturated carbocycles. The van der Waals surface area contributed by atoms with Gasteiger partial charge in [-0.05, 0) is 35.7 Å². The quantitative estimate of drug-likeness (QED) is 0.630. The van der Waals surface area contributed by atoms with Gasteiger partial charge in [0.15, 0.2) is 0 Å². The second-order valence-corrected chi connectivity index (χ2v) is 8.95. The van der Waals surface area contributed by atoms with Crippen LogP contribution in [0.15, 0.2) is 58.4 Å². The molecule has 10 heteroatoms. The van der Waals surface area contributed by atoms with E-state index in [9.17, 15) is 18.0 Å². The van der Waals surface area contributed by atoms with Crippen molar-refractivity contribution in [3.8, 4) is 0 Å². The molecule has 9 nitrogen and oxygen atoms in total. The van der Waals surface area contributed by atoms with Crippen LogP contribution in [0.4, 0.5) is 10.5 Å². The van der Waals surface area contributed by atoms with Gasteiger partial charge in [-0.25, -0.2) is 13.2 Å². The predicted molar refractivity (Wildman–Crippen MR) is 116 cm³/mol. The lowest BCUT2D eigenvalue weighted by Gasteiger charge is -2.17. The number of fused-ring (bicyclic) bond motifs is 1. The maximum absolute atomic E-state index is 12.8. The SMILES string of the molecule is COC(=O)Nc1ccc(CNC(=O)[C@@H](N=C2NS(=O)(=O)c3ccccc32)C(C)C)cc1. The normalized spacial score (nSPS) is 16.3. The molecule has 0 radical (unpaired) electrons. The second-order valence-electron chi connectivity index (χ2n) is 7.30. The Balaban J connectivity index is 1.71. The van der Waals surface area contributed by atoms with Crippen molar-refractivity contribution in [1.29, 1.82) is 0 Å². The van der Waals surface area contributed by atoms with Crippen molar-refractivity contribution in [3.63, 3.8) is 0 Å². The lowest BCUT2D eigenvalue weighted by molar-refractivity contribution is -0.123. The molecule has 2 aromatic rings. The van der Waals surface area contributed by atoms with Crippen LogP contribution >= 0.6 is 0 Å². The van der Waals surface area contributed by atoms with Gasteiger partial charge in [-0.2, -0.15) is 0 Å². The van der Waals surface area contributed by atoms with Gasteiger partial charge in [-0.1, -0.05) is 38.1 Å². The highest BCUT2D eigenvalue weighted by Crippen LogP contribution is 2.23. The number of aliphatic imine (C=N–C) groups is 1. The van der Waals surface area contributed by atoms with Crippen molar-refractivity contribution < 1.29 is 22.7 Å². The maximum Gasteiger partial charge on any atom is 0.411 e. The van der Waals surface area contributed by atoms with Gasteiger partial charge in [0.05, 0.1) is 12.0 Å². The summed E-state index contributed by atoms with van der Waals surface area (Å²) in [6.07, 6.45) is -0.566. The van der Waals surface area contributed by atoms with Gasteiger partial charge in [0.25, 0.3) is 10.0 Å². The number of rotatable bonds is 6. The summed E-state index contributed by atoms with van der Waals surface area (Å²) in [5.74, 6) is -0.304. The molecule has 1 atom stereocenters. The number of anilines is 1. The standard InChI is InChI=1S/C21H24N4O5S/c1-13(2)18(24-19-16-6-4-5-7-17(16)31(28,29)25-19)20(26)22-12-14-8-10-15(11-9-14)23-21(27)30-3/h4-11,13,18H,12H2,1-3H3,(H,22,26)(H,23,27)(H,24,25)/t18-/m0/s1. The number of carbonyl (C=O) groups is 2. The highest BCUT2D eigenvalue weighted by molar-refractivity contribution is 7.90. The van der Waals surface area contributed by atoms with E-state index in [-0.39, 0.29) is 29.1 Å². The van der Waals surface area contributed by atoms with Crippen molar-refractivity contribution in [2.24, 2.45) is 10.9 Å². The number of benzene rings is 2. The van der Waals surface area contributed by atoms with E-state index in [1.165, 1.54) is 13.2 Å². The topological polar surface area (TPSA) is 126 Å². The zero-order chi connectivity index (χ0) is 22.6. The van der Waals surface area contributed by atoms with Crippen LogP contribution in [0.5, 0.6) is 0 Å². The number of nitrogens with zero attached hydrogens (tertiary/aromatic N) is 1. The maximum atomic E-state index is 12.8. The van der Waals surface area contributed by atoms with E-state index >= 15 is 0 Å². The molecule has 3 rings (SSSR count). The molecule has 0 spiro atoms. The van der Waals surface area contributed by atoms with Crippen LogP contribution < -0.4 is 15.4 Å². The van der Waals surface area contributed by atoms with Crippen molar-refractivity contribution in [2.45, 2.75) is 31.3 Å². The van der Waals surface area contributed by atoms with Crippen molar-refractivity contribution in [2.75, 3.05) is 12.4 Å². The number of hydrogen-bond acceptors (Lipinski definition) is 6. The Morgan fingerprint density at radius 2 is 1.77 bits per heavy atom. The Hall–Kier alpha value is -3.40. The molecule has 0 saturated heterocycles. The van der Waals surface area contributed by atoms with E-state index in [2.05, 4.69) is 25.1 Å². The molecule has 3 N–H and O–H groups in total. The minimum atomic E-state index is -3.67. The summed E-state index contributed by atoms with van der Waals surface area (Å²) >= 11 is 0. The Bertz CT molecular complexity index is 1110. The number of amides is 2. The van der Waals surface area contributed by atoms with E-state index in [4.69, 9.17) is 0 Å². The first-order valence-electron chi connectivity index (χ1n) is 9.63. The largest absolute Gasteiger partial charge is 0.453 e. The summed E-state index contributed by atoms with van der Waals surface area (Å²) in [4.78, 5) is 28.6. The minimum absolute atomic E-state index is 0.150. The Labute approximate surface area is 181 Å². The van der Waals surface area contributed by atoms with Crippen LogP contribution in [-0.4, -0.2) is 39.4 Å². The van der Waals surface area contributed by atoms with Gasteiger partial charge < -0.3 is 10.1 Å². The van der Waals surface area contributed by atoms with E-state index in [0.29, 0.717) is 11.3 Å². The van der Waals surface area contributed by atoms with Crippen LogP contribution in [0.3, 0.4) is 0 Å². The van der Waals surface area contributed by atoms with E-state index < -0.39 is 22.2 Å². The lowest BCUT2D eigenvalue weighted by Crippen LogP contribution is -2.38. The predicted octanol–water partition coefficient (Wildman–Crippen LogP) is 2.24. The first-order valence-corrected chi connectivity index (χ1v) is 11.1. The molecule has 0 aromatic heterocycles. The van der Waals surface area contributed by atoms with E-state index in [1.807, 2.05) is 13.8 Å². The van der Waals surface area contributed by atoms with E-state index in [0.717, 1.165) is 5.56 Å². The van der Waals surface area contributed by atoms with Crippen LogP contribution in [0.25, 0.3) is 0 Å². The van der Waals surface area contributed by atoms with Crippen LogP contribution in [0.1, 0.15) is 25.0 Å². The average Bonchev–Trinajstić information content (AvgIpc) is 3.01. The first-order chi connectivity index (χ1) is 14.7. The Kier molecular flexibility index (Phi) is 6.59. The number of amidine groups is 1. The second kappa shape index (κ2) is 9.17. The van der Waals surface area contributed by atoms with E-state index in [1.54, 1.807) is 42.5 Å². The third-order valence-corrected chi connectivity index (χ3v) is 6.08. The monoisotopic (exact) mass is 444 g/mol. The van der Waals surface area contributed by atoms with Crippen LogP contribution in [0, 0.1) is 5.92 Å². The fraction of sp³-hybridized carbons (Fsp3) is 0.286. The summed E-state index contributed by atoms with van der Waals surface area (Å²) in [5.41, 5.74) is 1.85. The van der Waals surface area contributed by atoms with Gasteiger partial charge in [-0.15, -0.1) is 0 Å². The number of ether oxygens (including phenoxy) is 1. The Morgan fingerprint density at radius 3 is 2.42 bits per heavy atom. The Morgan fingerprint density at radius 1 is 1.10 bits per heavy atom. The van der Waals surface area contributed by atoms with Crippen LogP contribution in [-0.2, 0) is 26.1 Å². The molecule has 0 aliphatic carbocycles. The van der Waals surface area contributed by atoms with Crippen molar-refractivity contribution in [1.82, 2.24) is 10.0 Å². The average molecular weight is 445 g/mol. The van der Waals surface area contributed by atoms with Crippen molar-refractivity contribution >= 4 is 33.5 Å². The first kappa shape index (κ1) is 22.3. The molecule has 2 aromatic carbocycles. The highest BCUT2D eigenvalue weighted by Gasteiger charge is 2.32. The molecular formula is C21H24N4O5S. The highest BCUT2D eigenvalue weighted by atomic mass is 32.2. The fourth-order valence-corrected chi connectivity index (χ4v) is 4.29. The summed E-state index contributed by atoms with van der Waals surface area (Å²) in [6, 6.07) is 12.7. The van der Waals surface area contributed by atoms with Gasteiger partial charge in [0.1, 0.15) is 11.9 Å². The zero-order valence-electron chi connectivity index (χ0n) is 17.4. The smallest absolute Gasteiger partial charge is 0.411 e. The molecule has 1 aliphatic heterocycles.